The molecule has 0 fully saturated rings. The molecule has 4 N–H and O–H groups in total. The zero-order valence-electron chi connectivity index (χ0n) is 17.6. The molecule has 10 heteroatoms. The topological polar surface area (TPSA) is 140 Å². The predicted octanol–water partition coefficient (Wildman–Crippen LogP) is 5.11. The van der Waals surface area contributed by atoms with Crippen molar-refractivity contribution in [2.75, 3.05) is 0 Å². The van der Waals surface area contributed by atoms with Gasteiger partial charge < -0.3 is 25.1 Å². The number of primary amides is 1. The third-order valence-electron chi connectivity index (χ3n) is 4.91. The van der Waals surface area contributed by atoms with Crippen LogP contribution < -0.4 is 10.5 Å². The summed E-state index contributed by atoms with van der Waals surface area (Å²) in [6.45, 7) is 1.94. The van der Waals surface area contributed by atoms with Crippen LogP contribution in [0.15, 0.2) is 37.6 Å². The van der Waals surface area contributed by atoms with E-state index in [4.69, 9.17) is 14.9 Å². The molecule has 0 unspecified atom stereocenters. The van der Waals surface area contributed by atoms with Crippen molar-refractivity contribution >= 4 is 60.5 Å². The second kappa shape index (κ2) is 10.4. The van der Waals surface area contributed by atoms with E-state index in [-0.39, 0.29) is 64.4 Å². The van der Waals surface area contributed by atoms with Gasteiger partial charge in [-0.05, 0) is 56.5 Å². The minimum atomic E-state index is -0.572. The molecule has 0 aliphatic carbocycles. The maximum Gasteiger partial charge on any atom is 0.311 e. The van der Waals surface area contributed by atoms with Gasteiger partial charge >= 0.3 is 5.97 Å². The van der Waals surface area contributed by atoms with Crippen LogP contribution in [0, 0.1) is 0 Å². The fourth-order valence-corrected chi connectivity index (χ4v) is 4.43. The number of fused-ring (bicyclic) bond motifs is 1. The SMILES string of the molecule is CCCCC(=O)Oc1cc2oc(CCC(N)=O)c(C(=O)c3cc(Br)c(O)c(Br)c3)c2cc1O. The van der Waals surface area contributed by atoms with Gasteiger partial charge in [-0.15, -0.1) is 0 Å². The molecule has 3 rings (SSSR count). The Hall–Kier alpha value is -2.85. The molecule has 174 valence electrons. The normalized spacial score (nSPS) is 11.0. The van der Waals surface area contributed by atoms with Gasteiger partial charge in [-0.2, -0.15) is 0 Å². The van der Waals surface area contributed by atoms with Crippen LogP contribution in [0.1, 0.15) is 54.3 Å². The van der Waals surface area contributed by atoms with Crippen molar-refractivity contribution in [1.29, 1.82) is 0 Å². The standard InChI is InChI=1S/C23H21Br2NO7/c1-2-3-4-20(29)33-18-10-17-12(9-15(18)27)21(16(32-17)5-6-19(26)28)22(30)11-7-13(24)23(31)14(25)8-11/h7-10,27,31H,2-6H2,1H3,(H2,26,28). The number of amides is 1. The first-order valence-electron chi connectivity index (χ1n) is 10.1. The summed E-state index contributed by atoms with van der Waals surface area (Å²) in [5.74, 6) is -1.82. The van der Waals surface area contributed by atoms with Crippen LogP contribution in [0.3, 0.4) is 0 Å². The summed E-state index contributed by atoms with van der Waals surface area (Å²) in [6.07, 6.45) is 1.66. The minimum Gasteiger partial charge on any atom is -0.506 e. The third kappa shape index (κ3) is 5.56. The van der Waals surface area contributed by atoms with E-state index in [9.17, 15) is 24.6 Å². The van der Waals surface area contributed by atoms with Crippen molar-refractivity contribution in [2.24, 2.45) is 5.73 Å². The lowest BCUT2D eigenvalue weighted by molar-refractivity contribution is -0.134. The van der Waals surface area contributed by atoms with Crippen LogP contribution >= 0.6 is 31.9 Å². The van der Waals surface area contributed by atoms with Gasteiger partial charge in [-0.25, -0.2) is 0 Å². The zero-order chi connectivity index (χ0) is 24.3. The summed E-state index contributed by atoms with van der Waals surface area (Å²) in [4.78, 5) is 36.8. The number of nitrogens with two attached hydrogens (primary N) is 1. The van der Waals surface area contributed by atoms with E-state index < -0.39 is 17.7 Å². The molecular weight excluding hydrogens is 562 g/mol. The van der Waals surface area contributed by atoms with E-state index >= 15 is 0 Å². The summed E-state index contributed by atoms with van der Waals surface area (Å²) < 4.78 is 11.7. The van der Waals surface area contributed by atoms with Gasteiger partial charge in [0.15, 0.2) is 17.3 Å². The van der Waals surface area contributed by atoms with E-state index in [1.807, 2.05) is 6.92 Å². The number of aromatic hydroxyl groups is 2. The van der Waals surface area contributed by atoms with E-state index in [0.29, 0.717) is 15.4 Å². The average Bonchev–Trinajstić information content (AvgIpc) is 3.10. The highest BCUT2D eigenvalue weighted by Crippen LogP contribution is 2.39. The number of hydrogen-bond acceptors (Lipinski definition) is 7. The molecule has 0 saturated carbocycles. The number of ketones is 1. The Morgan fingerprint density at radius 1 is 1.06 bits per heavy atom. The predicted molar refractivity (Wildman–Crippen MR) is 127 cm³/mol. The number of ether oxygens (including phenoxy) is 1. The van der Waals surface area contributed by atoms with Crippen molar-refractivity contribution < 1.29 is 33.8 Å². The van der Waals surface area contributed by atoms with E-state index in [0.717, 1.165) is 6.42 Å². The number of unbranched alkanes of at least 4 members (excludes halogenated alkanes) is 1. The second-order valence-corrected chi connectivity index (χ2v) is 9.09. The quantitative estimate of drug-likeness (QED) is 0.181. The lowest BCUT2D eigenvalue weighted by Gasteiger charge is -2.08. The van der Waals surface area contributed by atoms with Crippen molar-refractivity contribution in [3.8, 4) is 17.2 Å². The van der Waals surface area contributed by atoms with Gasteiger partial charge in [0.2, 0.25) is 5.91 Å². The van der Waals surface area contributed by atoms with Crippen LogP contribution in [0.2, 0.25) is 0 Å². The molecular formula is C23H21Br2NO7. The Morgan fingerprint density at radius 2 is 1.73 bits per heavy atom. The Balaban J connectivity index is 2.10. The molecule has 0 bridgehead atoms. The molecule has 0 aliphatic heterocycles. The number of phenols is 2. The number of furan rings is 1. The Kier molecular flexibility index (Phi) is 7.80. The average molecular weight is 583 g/mol. The van der Waals surface area contributed by atoms with Gasteiger partial charge in [0.25, 0.3) is 0 Å². The molecule has 0 atom stereocenters. The maximum atomic E-state index is 13.4. The minimum absolute atomic E-state index is 0.0535. The molecule has 8 nitrogen and oxygen atoms in total. The Labute approximate surface area is 206 Å². The van der Waals surface area contributed by atoms with E-state index in [1.165, 1.54) is 24.3 Å². The zero-order valence-corrected chi connectivity index (χ0v) is 20.8. The van der Waals surface area contributed by atoms with Gasteiger partial charge in [-0.3, -0.25) is 14.4 Å². The maximum absolute atomic E-state index is 13.4. The Bertz CT molecular complexity index is 1230. The van der Waals surface area contributed by atoms with Crippen LogP contribution in [0.5, 0.6) is 17.2 Å². The number of hydrogen-bond donors (Lipinski definition) is 3. The fourth-order valence-electron chi connectivity index (χ4n) is 3.24. The van der Waals surface area contributed by atoms with Crippen LogP contribution in [-0.2, 0) is 16.0 Å². The van der Waals surface area contributed by atoms with E-state index in [1.54, 1.807) is 0 Å². The lowest BCUT2D eigenvalue weighted by Crippen LogP contribution is -2.12. The monoisotopic (exact) mass is 581 g/mol. The largest absolute Gasteiger partial charge is 0.506 e. The van der Waals surface area contributed by atoms with Gasteiger partial charge in [0, 0.05) is 36.3 Å². The number of halogens is 2. The molecule has 0 aliphatic rings. The molecule has 0 spiro atoms. The molecule has 1 aromatic heterocycles. The summed E-state index contributed by atoms with van der Waals surface area (Å²) in [5, 5.41) is 20.7. The summed E-state index contributed by atoms with van der Waals surface area (Å²) in [7, 11) is 0. The highest BCUT2D eigenvalue weighted by atomic mass is 79.9. The van der Waals surface area contributed by atoms with Crippen LogP contribution in [0.25, 0.3) is 11.0 Å². The van der Waals surface area contributed by atoms with Crippen molar-refractivity contribution in [3.05, 3.63) is 50.1 Å². The van der Waals surface area contributed by atoms with Gasteiger partial charge in [0.1, 0.15) is 17.1 Å². The van der Waals surface area contributed by atoms with Crippen LogP contribution in [-0.4, -0.2) is 27.9 Å². The van der Waals surface area contributed by atoms with Crippen molar-refractivity contribution in [2.45, 2.75) is 39.0 Å². The molecule has 0 saturated heterocycles. The number of carbonyl (C=O) groups excluding carboxylic acids is 3. The summed E-state index contributed by atoms with van der Waals surface area (Å²) in [5.41, 5.74) is 5.83. The molecule has 3 aromatic rings. The highest BCUT2D eigenvalue weighted by molar-refractivity contribution is 9.11. The second-order valence-electron chi connectivity index (χ2n) is 7.38. The smallest absolute Gasteiger partial charge is 0.311 e. The number of carbonyl (C=O) groups is 3. The number of rotatable bonds is 9. The van der Waals surface area contributed by atoms with Crippen LogP contribution in [0.4, 0.5) is 0 Å². The first kappa shape index (κ1) is 24.8. The van der Waals surface area contributed by atoms with Crippen molar-refractivity contribution in [3.63, 3.8) is 0 Å². The number of benzene rings is 2. The fraction of sp³-hybridized carbons (Fsp3) is 0.261. The lowest BCUT2D eigenvalue weighted by atomic mass is 9.98. The van der Waals surface area contributed by atoms with E-state index in [2.05, 4.69) is 31.9 Å². The number of phenolic OH excluding ortho intramolecular Hbond substituents is 2. The first-order chi connectivity index (χ1) is 15.6. The molecule has 1 amide bonds. The molecule has 33 heavy (non-hydrogen) atoms. The molecule has 0 radical (unpaired) electrons. The van der Waals surface area contributed by atoms with Crippen molar-refractivity contribution in [1.82, 2.24) is 0 Å². The highest BCUT2D eigenvalue weighted by Gasteiger charge is 2.25. The molecule has 1 heterocycles. The van der Waals surface area contributed by atoms with Gasteiger partial charge in [-0.1, -0.05) is 13.3 Å². The first-order valence-corrected chi connectivity index (χ1v) is 11.7. The molecule has 2 aromatic carbocycles. The number of esters is 1. The number of aryl methyl sites for hydroxylation is 1. The summed E-state index contributed by atoms with van der Waals surface area (Å²) in [6, 6.07) is 5.51. The summed E-state index contributed by atoms with van der Waals surface area (Å²) >= 11 is 6.41. The third-order valence-corrected chi connectivity index (χ3v) is 6.11. The Morgan fingerprint density at radius 3 is 2.33 bits per heavy atom. The van der Waals surface area contributed by atoms with Gasteiger partial charge in [0.05, 0.1) is 14.5 Å².